The van der Waals surface area contributed by atoms with Crippen molar-refractivity contribution in [1.29, 1.82) is 0 Å². The smallest absolute Gasteiger partial charge is 0.293 e. The Bertz CT molecular complexity index is 2450. The van der Waals surface area contributed by atoms with E-state index >= 15 is 0 Å². The third kappa shape index (κ3) is 9.64. The maximum atomic E-state index is 13.9. The minimum Gasteiger partial charge on any atom is -0.455 e. The van der Waals surface area contributed by atoms with Gasteiger partial charge >= 0.3 is 0 Å². The molecule has 2 aliphatic carbocycles. The largest absolute Gasteiger partial charge is 0.455 e. The van der Waals surface area contributed by atoms with Crippen LogP contribution < -0.4 is 19.7 Å². The first kappa shape index (κ1) is 41.8. The van der Waals surface area contributed by atoms with E-state index in [1.54, 1.807) is 30.5 Å². The number of halogens is 1. The molecule has 4 aromatic rings. The van der Waals surface area contributed by atoms with Crippen molar-refractivity contribution in [2.45, 2.75) is 75.7 Å². The Morgan fingerprint density at radius 1 is 1.10 bits per heavy atom. The van der Waals surface area contributed by atoms with E-state index in [4.69, 9.17) is 21.1 Å². The first-order valence-corrected chi connectivity index (χ1v) is 22.5. The van der Waals surface area contributed by atoms with Gasteiger partial charge in [-0.15, -0.1) is 0 Å². The molecule has 318 valence electrons. The number of pyridine rings is 1. The van der Waals surface area contributed by atoms with E-state index in [0.717, 1.165) is 101 Å². The predicted octanol–water partition coefficient (Wildman–Crippen LogP) is 8.52. The molecule has 0 bridgehead atoms. The number of nitro groups is 1. The molecule has 1 saturated carbocycles. The highest BCUT2D eigenvalue weighted by atomic mass is 35.5. The maximum Gasteiger partial charge on any atom is 0.293 e. The molecule has 0 radical (unpaired) electrons. The number of fused-ring (bicyclic) bond motifs is 1. The Labute approximate surface area is 355 Å². The summed E-state index contributed by atoms with van der Waals surface area (Å²) in [6.45, 7) is 13.7. The molecule has 1 unspecified atom stereocenters. The van der Waals surface area contributed by atoms with E-state index in [1.165, 1.54) is 29.5 Å². The minimum absolute atomic E-state index is 0.0287. The lowest BCUT2D eigenvalue weighted by Gasteiger charge is -2.39. The minimum atomic E-state index is -4.55. The van der Waals surface area contributed by atoms with Gasteiger partial charge < -0.3 is 24.7 Å². The molecule has 14 nitrogen and oxygen atoms in total. The number of allylic oxidation sites excluding steroid dienone is 2. The number of anilines is 2. The van der Waals surface area contributed by atoms with Crippen LogP contribution >= 0.6 is 11.6 Å². The van der Waals surface area contributed by atoms with E-state index in [0.29, 0.717) is 29.6 Å². The number of amides is 1. The molecule has 3 fully saturated rings. The van der Waals surface area contributed by atoms with Gasteiger partial charge in [-0.2, -0.15) is 0 Å². The van der Waals surface area contributed by atoms with Crippen LogP contribution in [0.25, 0.3) is 11.0 Å². The van der Waals surface area contributed by atoms with Crippen molar-refractivity contribution in [3.05, 3.63) is 99.4 Å². The quantitative estimate of drug-likeness (QED) is 0.0595. The van der Waals surface area contributed by atoms with Gasteiger partial charge in [-0.25, -0.2) is 18.1 Å². The van der Waals surface area contributed by atoms with Crippen molar-refractivity contribution in [3.8, 4) is 11.5 Å². The number of hydrogen-bond donors (Lipinski definition) is 3. The molecule has 3 N–H and O–H groups in total. The van der Waals surface area contributed by atoms with Crippen LogP contribution in [-0.2, 0) is 14.8 Å². The molecular weight excluding hydrogens is 806 g/mol. The molecule has 4 aliphatic rings. The molecule has 4 heterocycles. The molecular formula is C44H52ClN7O7S. The Balaban J connectivity index is 0.986. The number of carbonyl (C=O) groups excluding carboxylic acids is 1. The summed E-state index contributed by atoms with van der Waals surface area (Å²) in [5, 5.41) is 16.7. The van der Waals surface area contributed by atoms with Crippen LogP contribution in [0.4, 0.5) is 17.1 Å². The van der Waals surface area contributed by atoms with Gasteiger partial charge in [-0.05, 0) is 93.2 Å². The van der Waals surface area contributed by atoms with Crippen LogP contribution in [0.5, 0.6) is 11.5 Å². The summed E-state index contributed by atoms with van der Waals surface area (Å²) >= 11 is 6.17. The molecule has 1 spiro atoms. The molecule has 1 amide bonds. The number of nitrogens with one attached hydrogen (secondary N) is 3. The zero-order valence-corrected chi connectivity index (χ0v) is 35.7. The molecule has 2 aliphatic heterocycles. The fraction of sp³-hybridized carbons (Fsp3) is 0.455. The van der Waals surface area contributed by atoms with Gasteiger partial charge in [-0.3, -0.25) is 19.8 Å². The number of H-pyrrole nitrogens is 1. The van der Waals surface area contributed by atoms with E-state index in [-0.39, 0.29) is 33.9 Å². The summed E-state index contributed by atoms with van der Waals surface area (Å²) in [7, 11) is -4.55. The van der Waals surface area contributed by atoms with Crippen LogP contribution in [0.2, 0.25) is 0 Å². The summed E-state index contributed by atoms with van der Waals surface area (Å²) < 4.78 is 41.7. The molecule has 60 heavy (non-hydrogen) atoms. The molecule has 2 aromatic carbocycles. The molecule has 16 heteroatoms. The van der Waals surface area contributed by atoms with Gasteiger partial charge in [0.15, 0.2) is 0 Å². The van der Waals surface area contributed by atoms with Crippen molar-refractivity contribution >= 4 is 55.6 Å². The van der Waals surface area contributed by atoms with Gasteiger partial charge in [0.1, 0.15) is 22.8 Å². The molecule has 2 saturated heterocycles. The standard InChI is InChI=1S/C44H52ClN7O7S/c1-29(45)4-5-32-24-43(2,3)12-10-33(32)27-50-16-18-51(19-17-50)34-6-8-37(40(21-34)59-35-20-31-11-15-46-41(31)48-26-35)42(53)49-60(56,57)36-7-9-38(39(22-36)52(54)55)47-25-30-23-44(13-14-44)58-28-30/h6-9,11,15,20-22,26,30,47H,1,4-5,10,12-14,16-19,23-25,27-28H2,2-3H3,(H,46,48)(H,49,53). The van der Waals surface area contributed by atoms with E-state index in [9.17, 15) is 23.3 Å². The number of rotatable bonds is 15. The number of aromatic amines is 1. The summed E-state index contributed by atoms with van der Waals surface area (Å²) in [6.07, 6.45) is 11.3. The first-order valence-electron chi connectivity index (χ1n) is 20.6. The number of piperazine rings is 1. The SMILES string of the molecule is C=C(Cl)CCC1=C(CN2CCN(c3ccc(C(=O)NS(=O)(=O)c4ccc(NCC5COC6(CC6)C5)c([N+](=O)[O-])c4)c(Oc4cnc5[nH]ccc5c4)c3)CC2)CCC(C)(C)C1. The van der Waals surface area contributed by atoms with Gasteiger partial charge in [0.2, 0.25) is 0 Å². The monoisotopic (exact) mass is 857 g/mol. The normalized spacial score (nSPS) is 20.1. The van der Waals surface area contributed by atoms with Crippen LogP contribution in [-0.4, -0.2) is 85.6 Å². The highest BCUT2D eigenvalue weighted by molar-refractivity contribution is 7.90. The number of benzene rings is 2. The summed E-state index contributed by atoms with van der Waals surface area (Å²) in [5.41, 5.74) is 4.48. The summed E-state index contributed by atoms with van der Waals surface area (Å²) in [5.74, 6) is -0.265. The third-order valence-corrected chi connectivity index (χ3v) is 13.9. The lowest BCUT2D eigenvalue weighted by molar-refractivity contribution is -0.384. The number of sulfonamides is 1. The van der Waals surface area contributed by atoms with Crippen molar-refractivity contribution in [1.82, 2.24) is 19.6 Å². The van der Waals surface area contributed by atoms with Crippen LogP contribution in [0, 0.1) is 21.4 Å². The summed E-state index contributed by atoms with van der Waals surface area (Å²) in [6, 6.07) is 12.3. The van der Waals surface area contributed by atoms with Gasteiger partial charge in [0.25, 0.3) is 21.6 Å². The fourth-order valence-corrected chi connectivity index (χ4v) is 9.82. The highest BCUT2D eigenvalue weighted by Crippen LogP contribution is 2.49. The Kier molecular flexibility index (Phi) is 11.7. The zero-order chi connectivity index (χ0) is 42.2. The number of ether oxygens (including phenoxy) is 2. The van der Waals surface area contributed by atoms with E-state index < -0.39 is 31.4 Å². The second-order valence-corrected chi connectivity index (χ2v) is 19.7. The molecule has 1 atom stereocenters. The average Bonchev–Trinajstić information content (AvgIpc) is 3.60. The lowest BCUT2D eigenvalue weighted by atomic mass is 9.73. The number of nitrogens with zero attached hydrogens (tertiary/aromatic N) is 4. The Morgan fingerprint density at radius 3 is 2.63 bits per heavy atom. The van der Waals surface area contributed by atoms with Crippen molar-refractivity contribution in [3.63, 3.8) is 0 Å². The van der Waals surface area contributed by atoms with Crippen LogP contribution in [0.3, 0.4) is 0 Å². The number of hydrogen-bond acceptors (Lipinski definition) is 11. The fourth-order valence-electron chi connectivity index (χ4n) is 8.74. The van der Waals surface area contributed by atoms with Crippen molar-refractivity contribution < 1.29 is 27.6 Å². The average molecular weight is 858 g/mol. The zero-order valence-electron chi connectivity index (χ0n) is 34.1. The van der Waals surface area contributed by atoms with Gasteiger partial charge in [-0.1, -0.05) is 43.2 Å². The first-order chi connectivity index (χ1) is 28.6. The van der Waals surface area contributed by atoms with Gasteiger partial charge in [0, 0.05) is 79.6 Å². The van der Waals surface area contributed by atoms with Crippen molar-refractivity contribution in [2.24, 2.45) is 11.3 Å². The van der Waals surface area contributed by atoms with Crippen LogP contribution in [0.1, 0.15) is 75.6 Å². The Morgan fingerprint density at radius 2 is 1.90 bits per heavy atom. The topological polar surface area (TPSA) is 172 Å². The highest BCUT2D eigenvalue weighted by Gasteiger charge is 2.50. The predicted molar refractivity (Wildman–Crippen MR) is 232 cm³/mol. The van der Waals surface area contributed by atoms with E-state index in [2.05, 4.69) is 50.2 Å². The van der Waals surface area contributed by atoms with Gasteiger partial charge in [0.05, 0.1) is 33.8 Å². The second kappa shape index (κ2) is 16.8. The van der Waals surface area contributed by atoms with Crippen LogP contribution in [0.15, 0.2) is 88.6 Å². The molecule has 2 aromatic heterocycles. The molecule has 8 rings (SSSR count). The third-order valence-electron chi connectivity index (χ3n) is 12.3. The second-order valence-electron chi connectivity index (χ2n) is 17.5. The summed E-state index contributed by atoms with van der Waals surface area (Å²) in [4.78, 5) is 37.1. The number of aromatic nitrogens is 2. The van der Waals surface area contributed by atoms with E-state index in [1.807, 2.05) is 6.07 Å². The maximum absolute atomic E-state index is 13.9. The van der Waals surface area contributed by atoms with Crippen molar-refractivity contribution in [2.75, 3.05) is 56.1 Å². The number of carbonyl (C=O) groups is 1. The lowest BCUT2D eigenvalue weighted by Crippen LogP contribution is -2.47. The number of nitro benzene ring substituents is 1. The Hall–Kier alpha value is -4.96.